The van der Waals surface area contributed by atoms with Crippen molar-refractivity contribution in [1.29, 1.82) is 0 Å². The Hall–Kier alpha value is -2.40. The van der Waals surface area contributed by atoms with E-state index in [-0.39, 0.29) is 5.92 Å². The van der Waals surface area contributed by atoms with Crippen molar-refractivity contribution in [3.05, 3.63) is 47.5 Å². The van der Waals surface area contributed by atoms with E-state index < -0.39 is 0 Å². The third-order valence-corrected chi connectivity index (χ3v) is 5.21. The number of ether oxygens (including phenoxy) is 2. The maximum atomic E-state index is 5.69. The minimum Gasteiger partial charge on any atom is -0.497 e. The second-order valence-electron chi connectivity index (χ2n) is 6.58. The molecule has 0 saturated heterocycles. The first kappa shape index (κ1) is 15.1. The van der Waals surface area contributed by atoms with Crippen LogP contribution in [0.3, 0.4) is 0 Å². The third kappa shape index (κ3) is 2.45. The largest absolute Gasteiger partial charge is 0.497 e. The van der Waals surface area contributed by atoms with E-state index in [0.29, 0.717) is 5.92 Å². The number of hydrogen-bond donors (Lipinski definition) is 0. The smallest absolute Gasteiger partial charge is 0.127 e. The minimum absolute atomic E-state index is 0.0951. The molecule has 2 aromatic rings. The summed E-state index contributed by atoms with van der Waals surface area (Å²) in [6, 6.07) is 12.6. The molecular formula is C22H22O2. The summed E-state index contributed by atoms with van der Waals surface area (Å²) >= 11 is 0. The van der Waals surface area contributed by atoms with Gasteiger partial charge in [-0.1, -0.05) is 48.9 Å². The van der Waals surface area contributed by atoms with Crippen molar-refractivity contribution in [1.82, 2.24) is 0 Å². The summed E-state index contributed by atoms with van der Waals surface area (Å²) in [4.78, 5) is 0. The van der Waals surface area contributed by atoms with E-state index in [9.17, 15) is 0 Å². The van der Waals surface area contributed by atoms with Crippen LogP contribution in [-0.4, -0.2) is 14.2 Å². The molecule has 2 aliphatic carbocycles. The summed E-state index contributed by atoms with van der Waals surface area (Å²) < 4.78 is 11.1. The normalized spacial score (nSPS) is 18.5. The van der Waals surface area contributed by atoms with Gasteiger partial charge in [-0.05, 0) is 35.6 Å². The maximum absolute atomic E-state index is 5.69. The van der Waals surface area contributed by atoms with Gasteiger partial charge in [0.05, 0.1) is 20.1 Å². The third-order valence-electron chi connectivity index (χ3n) is 5.21. The molecule has 0 bridgehead atoms. The molecule has 2 nitrogen and oxygen atoms in total. The molecular weight excluding hydrogens is 296 g/mol. The topological polar surface area (TPSA) is 18.5 Å². The van der Waals surface area contributed by atoms with Gasteiger partial charge in [0.25, 0.3) is 0 Å². The second-order valence-corrected chi connectivity index (χ2v) is 6.58. The summed E-state index contributed by atoms with van der Waals surface area (Å²) in [7, 11) is 3.42. The highest BCUT2D eigenvalue weighted by molar-refractivity contribution is 5.84. The van der Waals surface area contributed by atoms with Crippen molar-refractivity contribution in [2.75, 3.05) is 14.2 Å². The number of methoxy groups -OCH3 is 2. The van der Waals surface area contributed by atoms with E-state index in [2.05, 4.69) is 42.2 Å². The van der Waals surface area contributed by atoms with Crippen LogP contribution in [0.15, 0.2) is 36.4 Å². The van der Waals surface area contributed by atoms with Crippen molar-refractivity contribution in [3.63, 3.8) is 0 Å². The van der Waals surface area contributed by atoms with Crippen LogP contribution in [0, 0.1) is 17.8 Å². The van der Waals surface area contributed by atoms with E-state index in [4.69, 9.17) is 9.47 Å². The molecule has 2 heteroatoms. The Morgan fingerprint density at radius 1 is 0.917 bits per heavy atom. The Labute approximate surface area is 143 Å². The van der Waals surface area contributed by atoms with E-state index in [0.717, 1.165) is 11.5 Å². The van der Waals surface area contributed by atoms with Gasteiger partial charge < -0.3 is 9.47 Å². The highest BCUT2D eigenvalue weighted by Crippen LogP contribution is 2.50. The van der Waals surface area contributed by atoms with Gasteiger partial charge in [-0.25, -0.2) is 0 Å². The zero-order chi connectivity index (χ0) is 16.5. The average Bonchev–Trinajstić information content (AvgIpc) is 3.25. The van der Waals surface area contributed by atoms with Gasteiger partial charge in [0.15, 0.2) is 0 Å². The van der Waals surface area contributed by atoms with Crippen molar-refractivity contribution >= 4 is 0 Å². The first-order valence-corrected chi connectivity index (χ1v) is 8.68. The Morgan fingerprint density at radius 2 is 1.71 bits per heavy atom. The van der Waals surface area contributed by atoms with Crippen LogP contribution in [0.4, 0.5) is 0 Å². The van der Waals surface area contributed by atoms with Gasteiger partial charge >= 0.3 is 0 Å². The van der Waals surface area contributed by atoms with Gasteiger partial charge in [0.1, 0.15) is 11.5 Å². The van der Waals surface area contributed by atoms with E-state index in [1.165, 1.54) is 47.9 Å². The van der Waals surface area contributed by atoms with Crippen molar-refractivity contribution in [2.24, 2.45) is 5.92 Å². The lowest BCUT2D eigenvalue weighted by Gasteiger charge is -2.13. The molecule has 2 aromatic carbocycles. The number of hydrogen-bond acceptors (Lipinski definition) is 2. The molecule has 0 spiro atoms. The Kier molecular flexibility index (Phi) is 3.94. The lowest BCUT2D eigenvalue weighted by molar-refractivity contribution is 0.392. The molecule has 24 heavy (non-hydrogen) atoms. The molecule has 0 N–H and O–H groups in total. The van der Waals surface area contributed by atoms with Gasteiger partial charge in [-0.3, -0.25) is 0 Å². The van der Waals surface area contributed by atoms with Gasteiger partial charge in [-0.2, -0.15) is 0 Å². The Bertz CT molecular complexity index is 820. The van der Waals surface area contributed by atoms with Crippen molar-refractivity contribution in [2.45, 2.75) is 31.6 Å². The Balaban J connectivity index is 1.86. The molecule has 2 aliphatic rings. The van der Waals surface area contributed by atoms with Crippen LogP contribution in [0.1, 0.15) is 42.7 Å². The molecule has 1 fully saturated rings. The van der Waals surface area contributed by atoms with Crippen LogP contribution in [-0.2, 0) is 0 Å². The molecule has 0 aromatic heterocycles. The fourth-order valence-corrected chi connectivity index (χ4v) is 3.98. The fraction of sp³-hybridized carbons (Fsp3) is 0.364. The van der Waals surface area contributed by atoms with Crippen molar-refractivity contribution < 1.29 is 9.47 Å². The fourth-order valence-electron chi connectivity index (χ4n) is 3.98. The molecule has 1 unspecified atom stereocenters. The predicted octanol–water partition coefficient (Wildman–Crippen LogP) is 5.01. The van der Waals surface area contributed by atoms with Gasteiger partial charge in [-0.15, -0.1) is 0 Å². The first-order chi connectivity index (χ1) is 11.8. The number of fused-ring (bicyclic) bond motifs is 3. The summed E-state index contributed by atoms with van der Waals surface area (Å²) in [6.45, 7) is 0. The lowest BCUT2D eigenvalue weighted by atomic mass is 9.95. The SMILES string of the molecule is COc1cc(OC)c2c(c1)-c1ccccc1C2C#CC1CCCC1. The molecule has 1 saturated carbocycles. The van der Waals surface area contributed by atoms with Crippen LogP contribution in [0.5, 0.6) is 11.5 Å². The highest BCUT2D eigenvalue weighted by Gasteiger charge is 2.31. The molecule has 122 valence electrons. The summed E-state index contributed by atoms with van der Waals surface area (Å²) in [5.74, 6) is 9.47. The second kappa shape index (κ2) is 6.24. The molecule has 1 atom stereocenters. The molecule has 0 heterocycles. The number of rotatable bonds is 2. The predicted molar refractivity (Wildman–Crippen MR) is 96.6 cm³/mol. The van der Waals surface area contributed by atoms with E-state index in [1.807, 2.05) is 6.07 Å². The van der Waals surface area contributed by atoms with Gasteiger partial charge in [0, 0.05) is 17.5 Å². The summed E-state index contributed by atoms with van der Waals surface area (Å²) in [5, 5.41) is 0. The van der Waals surface area contributed by atoms with Crippen LogP contribution < -0.4 is 9.47 Å². The first-order valence-electron chi connectivity index (χ1n) is 8.68. The van der Waals surface area contributed by atoms with E-state index >= 15 is 0 Å². The van der Waals surface area contributed by atoms with E-state index in [1.54, 1.807) is 14.2 Å². The molecule has 0 amide bonds. The van der Waals surface area contributed by atoms with Crippen LogP contribution >= 0.6 is 0 Å². The zero-order valence-corrected chi connectivity index (χ0v) is 14.3. The monoisotopic (exact) mass is 318 g/mol. The lowest BCUT2D eigenvalue weighted by Crippen LogP contribution is -1.99. The quantitative estimate of drug-likeness (QED) is 0.725. The zero-order valence-electron chi connectivity index (χ0n) is 14.3. The van der Waals surface area contributed by atoms with Crippen molar-refractivity contribution in [3.8, 4) is 34.5 Å². The maximum Gasteiger partial charge on any atom is 0.127 e. The highest BCUT2D eigenvalue weighted by atomic mass is 16.5. The molecule has 0 radical (unpaired) electrons. The van der Waals surface area contributed by atoms with Crippen LogP contribution in [0.25, 0.3) is 11.1 Å². The average molecular weight is 318 g/mol. The molecule has 0 aliphatic heterocycles. The summed E-state index contributed by atoms with van der Waals surface area (Å²) in [6.07, 6.45) is 5.12. The van der Waals surface area contributed by atoms with Crippen LogP contribution in [0.2, 0.25) is 0 Å². The standard InChI is InChI=1S/C22H22O2/c1-23-16-13-20-18-10-6-5-9-17(18)19(22(20)21(14-16)24-2)12-11-15-7-3-4-8-15/h5-6,9-10,13-15,19H,3-4,7-8H2,1-2H3. The minimum atomic E-state index is 0.0951. The van der Waals surface area contributed by atoms with Gasteiger partial charge in [0.2, 0.25) is 0 Å². The Morgan fingerprint density at radius 3 is 2.46 bits per heavy atom. The summed E-state index contributed by atoms with van der Waals surface area (Å²) in [5.41, 5.74) is 4.90. The molecule has 4 rings (SSSR count). The number of benzene rings is 2.